The zero-order valence-electron chi connectivity index (χ0n) is 24.1. The molecule has 2 saturated heterocycles. The van der Waals surface area contributed by atoms with E-state index in [0.717, 1.165) is 0 Å². The summed E-state index contributed by atoms with van der Waals surface area (Å²) in [6.45, 7) is -1.29. The topological polar surface area (TPSA) is 289 Å². The summed E-state index contributed by atoms with van der Waals surface area (Å²) in [4.78, 5) is 56.9. The van der Waals surface area contributed by atoms with E-state index in [4.69, 9.17) is 39.0 Å². The number of aromatic nitrogens is 8. The lowest BCUT2D eigenvalue weighted by molar-refractivity contribution is -0.0625. The van der Waals surface area contributed by atoms with Crippen molar-refractivity contribution in [2.45, 2.75) is 49.3 Å². The quantitative estimate of drug-likeness (QED) is 0.175. The first-order chi connectivity index (χ1) is 22.3. The van der Waals surface area contributed by atoms with Gasteiger partial charge in [0.05, 0.1) is 31.9 Å². The van der Waals surface area contributed by atoms with Gasteiger partial charge >= 0.3 is 15.6 Å². The number of nitrogens with two attached hydrogens (primary N) is 2. The Morgan fingerprint density at radius 2 is 1.81 bits per heavy atom. The number of aromatic amines is 1. The number of anilines is 2. The number of phosphoric acid groups is 2. The number of halogens is 1. The third-order valence-electron chi connectivity index (χ3n) is 9.16. The van der Waals surface area contributed by atoms with Gasteiger partial charge in [-0.1, -0.05) is 0 Å². The molecule has 0 aromatic carbocycles. The van der Waals surface area contributed by atoms with E-state index in [1.807, 2.05) is 0 Å². The Balaban J connectivity index is 1.15. The molecule has 8 rings (SSSR count). The number of alkyl halides is 1. The number of H-pyrrole nitrogens is 1. The highest BCUT2D eigenvalue weighted by Gasteiger charge is 2.75. The van der Waals surface area contributed by atoms with Crippen molar-refractivity contribution in [3.63, 3.8) is 0 Å². The fourth-order valence-corrected chi connectivity index (χ4v) is 9.03. The van der Waals surface area contributed by atoms with E-state index in [2.05, 4.69) is 29.9 Å². The fraction of sp³-hybridized carbons (Fsp3) is 0.565. The Morgan fingerprint density at radius 3 is 2.60 bits per heavy atom. The van der Waals surface area contributed by atoms with E-state index in [0.29, 0.717) is 0 Å². The van der Waals surface area contributed by atoms with Crippen LogP contribution in [0.1, 0.15) is 18.7 Å². The molecule has 1 spiro atoms. The van der Waals surface area contributed by atoms with Crippen LogP contribution < -0.4 is 17.0 Å². The van der Waals surface area contributed by atoms with Crippen LogP contribution in [0.2, 0.25) is 0 Å². The summed E-state index contributed by atoms with van der Waals surface area (Å²) >= 11 is 0. The van der Waals surface area contributed by atoms with Crippen LogP contribution in [0, 0.1) is 11.3 Å². The predicted molar refractivity (Wildman–Crippen MR) is 153 cm³/mol. The van der Waals surface area contributed by atoms with Gasteiger partial charge in [0.25, 0.3) is 5.56 Å². The van der Waals surface area contributed by atoms with Crippen LogP contribution in [0.3, 0.4) is 0 Å². The second-order valence-corrected chi connectivity index (χ2v) is 14.5. The standard InChI is InChI=1S/C23H27FN10O11P2/c1-40-14-9-3-41-46(36,37)45-16-10(24)13(33-6-29-11-17(25)27-5-28-18(11)33)8-2-23(8,16)4-42-47(38,39)44-15(14)21(43-9)34-7-30-12-19(34)31-22(26)32-20(12)35/h5-10,13-16,21H,2-4H2,1H3,(H,36,37)(H,38,39)(H2,25,27,28)(H3,26,31,32,35)/t8-,9-,10-,13-,14-,15-,16+,21-,23?/m1/s1. The summed E-state index contributed by atoms with van der Waals surface area (Å²) in [7, 11) is -8.82. The number of nitrogens with zero attached hydrogens (tertiary/aromatic N) is 7. The molecule has 24 heteroatoms. The maximum absolute atomic E-state index is 16.3. The third-order valence-corrected chi connectivity index (χ3v) is 11.1. The Morgan fingerprint density at radius 1 is 1.06 bits per heavy atom. The van der Waals surface area contributed by atoms with E-state index < -0.39 is 88.6 Å². The van der Waals surface area contributed by atoms with Crippen molar-refractivity contribution in [2.24, 2.45) is 11.3 Å². The second-order valence-electron chi connectivity index (χ2n) is 11.7. The van der Waals surface area contributed by atoms with Crippen LogP contribution >= 0.6 is 15.6 Å². The molecule has 2 bridgehead atoms. The molecule has 7 N–H and O–H groups in total. The molecule has 3 unspecified atom stereocenters. The minimum Gasteiger partial charge on any atom is -0.382 e. The van der Waals surface area contributed by atoms with Crippen LogP contribution in [0.25, 0.3) is 22.3 Å². The number of fused-ring (bicyclic) bond motifs is 4. The maximum atomic E-state index is 16.3. The summed E-state index contributed by atoms with van der Waals surface area (Å²) < 4.78 is 79.3. The molecule has 11 atom stereocenters. The first kappa shape index (κ1) is 30.9. The van der Waals surface area contributed by atoms with Crippen LogP contribution in [-0.2, 0) is 36.7 Å². The molecule has 2 aliphatic carbocycles. The molecule has 4 aromatic rings. The number of nitrogens with one attached hydrogen (secondary N) is 1. The van der Waals surface area contributed by atoms with Crippen LogP contribution in [0.15, 0.2) is 23.8 Å². The Bertz CT molecular complexity index is 2060. The molecule has 0 amide bonds. The highest BCUT2D eigenvalue weighted by atomic mass is 31.2. The van der Waals surface area contributed by atoms with Crippen molar-refractivity contribution in [3.8, 4) is 0 Å². The van der Waals surface area contributed by atoms with Gasteiger partial charge in [0.15, 0.2) is 28.9 Å². The van der Waals surface area contributed by atoms with Crippen molar-refractivity contribution in [1.29, 1.82) is 0 Å². The van der Waals surface area contributed by atoms with Gasteiger partial charge in [-0.25, -0.2) is 33.5 Å². The van der Waals surface area contributed by atoms with E-state index in [-0.39, 0.29) is 40.5 Å². The summed E-state index contributed by atoms with van der Waals surface area (Å²) in [5.74, 6) is -0.791. The van der Waals surface area contributed by atoms with E-state index in [1.165, 1.54) is 35.2 Å². The molecule has 2 aliphatic heterocycles. The van der Waals surface area contributed by atoms with Gasteiger partial charge in [-0.3, -0.25) is 32.4 Å². The van der Waals surface area contributed by atoms with Crippen LogP contribution in [-0.4, -0.2) is 99.7 Å². The number of phosphoric ester groups is 2. The van der Waals surface area contributed by atoms with E-state index >= 15 is 4.39 Å². The van der Waals surface area contributed by atoms with Gasteiger partial charge < -0.3 is 35.3 Å². The van der Waals surface area contributed by atoms with Gasteiger partial charge in [0.2, 0.25) is 5.95 Å². The molecule has 4 aromatic heterocycles. The molecule has 6 heterocycles. The van der Waals surface area contributed by atoms with Crippen molar-refractivity contribution >= 4 is 49.7 Å². The van der Waals surface area contributed by atoms with Gasteiger partial charge in [0.1, 0.15) is 42.4 Å². The molecular formula is C23H27FN10O11P2. The summed E-state index contributed by atoms with van der Waals surface area (Å²) in [5.41, 5.74) is 9.88. The number of imidazole rings is 2. The third kappa shape index (κ3) is 4.82. The number of nitrogen functional groups attached to an aromatic ring is 2. The van der Waals surface area contributed by atoms with Gasteiger partial charge in [-0.15, -0.1) is 0 Å². The molecule has 4 aliphatic rings. The molecule has 252 valence electrons. The maximum Gasteiger partial charge on any atom is 0.472 e. The number of ether oxygens (including phenoxy) is 2. The molecule has 0 radical (unpaired) electrons. The fourth-order valence-electron chi connectivity index (χ4n) is 7.02. The number of hydrogen-bond donors (Lipinski definition) is 5. The van der Waals surface area contributed by atoms with E-state index in [9.17, 15) is 23.7 Å². The molecule has 4 fully saturated rings. The van der Waals surface area contributed by atoms with E-state index in [1.54, 1.807) is 0 Å². The molecule has 2 saturated carbocycles. The van der Waals surface area contributed by atoms with Crippen molar-refractivity contribution < 1.29 is 50.9 Å². The summed E-state index contributed by atoms with van der Waals surface area (Å²) in [5, 5.41) is 0. The average Bonchev–Trinajstić information content (AvgIpc) is 3.30. The second kappa shape index (κ2) is 10.5. The Kier molecular flexibility index (Phi) is 6.92. The summed E-state index contributed by atoms with van der Waals surface area (Å²) in [6, 6.07) is -1.03. The highest BCUT2D eigenvalue weighted by molar-refractivity contribution is 7.47. The lowest BCUT2D eigenvalue weighted by Gasteiger charge is -2.29. The van der Waals surface area contributed by atoms with Gasteiger partial charge in [-0.2, -0.15) is 4.98 Å². The van der Waals surface area contributed by atoms with Crippen molar-refractivity contribution in [2.75, 3.05) is 31.8 Å². The van der Waals surface area contributed by atoms with Crippen LogP contribution in [0.4, 0.5) is 16.2 Å². The highest BCUT2D eigenvalue weighted by Crippen LogP contribution is 2.72. The number of rotatable bonds is 3. The largest absolute Gasteiger partial charge is 0.472 e. The lowest BCUT2D eigenvalue weighted by Crippen LogP contribution is -2.37. The first-order valence-electron chi connectivity index (χ1n) is 14.1. The number of hydrogen-bond acceptors (Lipinski definition) is 16. The Hall–Kier alpha value is -3.43. The normalized spacial score (nSPS) is 40.4. The molecule has 47 heavy (non-hydrogen) atoms. The summed E-state index contributed by atoms with van der Waals surface area (Å²) in [6.07, 6.45) is -4.97. The number of methoxy groups -OCH3 is 1. The lowest BCUT2D eigenvalue weighted by atomic mass is 10.0. The smallest absolute Gasteiger partial charge is 0.382 e. The van der Waals surface area contributed by atoms with Crippen molar-refractivity contribution in [1.82, 2.24) is 39.0 Å². The molecule has 21 nitrogen and oxygen atoms in total. The average molecular weight is 700 g/mol. The SMILES string of the molecule is CO[C@H]1[C@H]2OP(=O)(O)OCC34C[C@@H]3[C@@H](n3cnc5c(N)ncnc53)[C@@H](F)[C@@H]4OP(=O)(O)OC[C@H]1O[C@H]2n1cnc2c(=O)[nH]c(N)nc21. The minimum absolute atomic E-state index is 0.0557. The van der Waals surface area contributed by atoms with Crippen molar-refractivity contribution in [3.05, 3.63) is 29.3 Å². The molecular weight excluding hydrogens is 673 g/mol. The zero-order valence-corrected chi connectivity index (χ0v) is 25.9. The van der Waals surface area contributed by atoms with Gasteiger partial charge in [-0.05, 0) is 12.3 Å². The monoisotopic (exact) mass is 700 g/mol. The van der Waals surface area contributed by atoms with Gasteiger partial charge in [0, 0.05) is 12.5 Å². The predicted octanol–water partition coefficient (Wildman–Crippen LogP) is -0.0466. The first-order valence-corrected chi connectivity index (χ1v) is 17.1. The minimum atomic E-state index is -5.04. The van der Waals surface area contributed by atoms with Crippen LogP contribution in [0.5, 0.6) is 0 Å². The Labute approximate surface area is 261 Å². The zero-order chi connectivity index (χ0) is 33.0.